The Kier molecular flexibility index (Phi) is 12.1. The Morgan fingerprint density at radius 1 is 0.500 bits per heavy atom. The lowest BCUT2D eigenvalue weighted by atomic mass is 9.34. The van der Waals surface area contributed by atoms with Crippen LogP contribution in [-0.4, -0.2) is 6.71 Å². The highest BCUT2D eigenvalue weighted by atomic mass is 14.6. The summed E-state index contributed by atoms with van der Waals surface area (Å²) in [5.41, 5.74) is 30.5. The van der Waals surface area contributed by atoms with Crippen LogP contribution in [0.1, 0.15) is 101 Å². The molecule has 4 saturated carbocycles. The summed E-state index contributed by atoms with van der Waals surface area (Å²) in [7, 11) is 0. The van der Waals surface area contributed by atoms with Gasteiger partial charge in [0.2, 0.25) is 6.71 Å². The Morgan fingerprint density at radius 3 is 1.51 bits per heavy atom. The zero-order chi connectivity index (χ0) is 50.9. The lowest BCUT2D eigenvalue weighted by Gasteiger charge is -2.63. The molecule has 0 aliphatic heterocycles. The molecule has 2 atom stereocenters. The van der Waals surface area contributed by atoms with Gasteiger partial charge in [0.15, 0.2) is 0 Å². The summed E-state index contributed by atoms with van der Waals surface area (Å²) in [4.78, 5) is 0. The predicted molar refractivity (Wildman–Crippen MR) is 317 cm³/mol. The van der Waals surface area contributed by atoms with Gasteiger partial charge in [0.25, 0.3) is 0 Å². The highest BCUT2D eigenvalue weighted by molar-refractivity contribution is 6.96. The van der Waals surface area contributed by atoms with E-state index in [4.69, 9.17) is 6.42 Å². The third-order valence-corrected chi connectivity index (χ3v) is 17.9. The van der Waals surface area contributed by atoms with E-state index >= 15 is 0 Å². The van der Waals surface area contributed by atoms with E-state index in [1.165, 1.54) is 150 Å². The largest absolute Gasteiger partial charge is 0.242 e. The van der Waals surface area contributed by atoms with Gasteiger partial charge in [-0.3, -0.25) is 0 Å². The maximum absolute atomic E-state index is 5.97. The molecule has 5 aliphatic rings. The first-order valence-electron chi connectivity index (χ1n) is 27.2. The maximum atomic E-state index is 5.97. The van der Waals surface area contributed by atoms with E-state index < -0.39 is 0 Å². The molecule has 2 unspecified atom stereocenters. The number of rotatable bonds is 10. The van der Waals surface area contributed by atoms with Crippen LogP contribution in [0.3, 0.4) is 0 Å². The molecule has 8 aromatic rings. The molecule has 0 aromatic heterocycles. The quantitative estimate of drug-likeness (QED) is 0.0728. The molecule has 362 valence electrons. The molecule has 0 N–H and O–H groups in total. The van der Waals surface area contributed by atoms with E-state index in [0.717, 1.165) is 17.4 Å². The molecule has 74 heavy (non-hydrogen) atoms. The second kappa shape index (κ2) is 18.8. The maximum Gasteiger partial charge on any atom is 0.242 e. The van der Waals surface area contributed by atoms with Crippen molar-refractivity contribution in [3.63, 3.8) is 0 Å². The van der Waals surface area contributed by atoms with Crippen LogP contribution in [-0.2, 0) is 10.8 Å². The van der Waals surface area contributed by atoms with Crippen molar-refractivity contribution in [2.75, 3.05) is 0 Å². The standard InChI is InChI=1S/C73H67B/c1-9-11-16-53(10-2)38-68-65-21-12-13-22-66(65)69-41-61(27-32-67(68)69)57-25-30-63(31-26-57)73-44-54-37-55(45-73)43-72(42-54,46-73)62-28-23-56(24-29-62)58-17-14-18-59(39-58)60-19-15-20-64(40-60)74(70-49(5)33-47(3)34-50(70)6)71-51(7)35-48(4)36-52(71)8/h2,9,11-36,38-41,54-55H,37,42-46H2,1,3-8H3/b11-9-,53-16+,68-38+. The van der Waals surface area contributed by atoms with Gasteiger partial charge in [-0.05, 0) is 206 Å². The van der Waals surface area contributed by atoms with Gasteiger partial charge in [0.1, 0.15) is 0 Å². The van der Waals surface area contributed by atoms with Crippen molar-refractivity contribution in [3.8, 4) is 56.9 Å². The van der Waals surface area contributed by atoms with E-state index in [1.807, 2.05) is 25.2 Å². The Morgan fingerprint density at radius 2 is 0.973 bits per heavy atom. The van der Waals surface area contributed by atoms with E-state index in [0.29, 0.717) is 0 Å². The van der Waals surface area contributed by atoms with Crippen LogP contribution < -0.4 is 16.4 Å². The molecule has 0 spiro atoms. The van der Waals surface area contributed by atoms with Crippen LogP contribution in [0.4, 0.5) is 0 Å². The smallest absolute Gasteiger partial charge is 0.115 e. The zero-order valence-electron chi connectivity index (χ0n) is 44.4. The van der Waals surface area contributed by atoms with Crippen molar-refractivity contribution < 1.29 is 0 Å². The van der Waals surface area contributed by atoms with Gasteiger partial charge in [-0.2, -0.15) is 0 Å². The average molecular weight is 955 g/mol. The van der Waals surface area contributed by atoms with E-state index in [2.05, 4.69) is 217 Å². The summed E-state index contributed by atoms with van der Waals surface area (Å²) >= 11 is 0. The van der Waals surface area contributed by atoms with Crippen LogP contribution in [0.25, 0.3) is 50.1 Å². The monoisotopic (exact) mass is 955 g/mol. The molecule has 4 fully saturated rings. The summed E-state index contributed by atoms with van der Waals surface area (Å²) in [6, 6.07) is 63.5. The topological polar surface area (TPSA) is 0 Å². The van der Waals surface area contributed by atoms with Gasteiger partial charge < -0.3 is 0 Å². The summed E-state index contributed by atoms with van der Waals surface area (Å²) in [6.07, 6.45) is 22.1. The molecule has 1 heteroatoms. The Labute approximate surface area is 442 Å². The summed E-state index contributed by atoms with van der Waals surface area (Å²) < 4.78 is 0. The number of aryl methyl sites for hydroxylation is 6. The normalized spacial score (nSPS) is 21.0. The zero-order valence-corrected chi connectivity index (χ0v) is 44.4. The fourth-order valence-electron chi connectivity index (χ4n) is 15.4. The van der Waals surface area contributed by atoms with Crippen molar-refractivity contribution in [1.82, 2.24) is 0 Å². The van der Waals surface area contributed by atoms with Crippen LogP contribution >= 0.6 is 0 Å². The fraction of sp³-hybridized carbons (Fsp3) is 0.233. The molecule has 0 nitrogen and oxygen atoms in total. The second-order valence-electron chi connectivity index (χ2n) is 23.1. The molecule has 0 amide bonds. The van der Waals surface area contributed by atoms with E-state index in [1.54, 1.807) is 11.1 Å². The highest BCUT2D eigenvalue weighted by Gasteiger charge is 2.58. The fourth-order valence-corrected chi connectivity index (χ4v) is 15.4. The van der Waals surface area contributed by atoms with Crippen molar-refractivity contribution >= 4 is 28.7 Å². The molecule has 0 radical (unpaired) electrons. The van der Waals surface area contributed by atoms with Crippen molar-refractivity contribution in [3.05, 3.63) is 249 Å². The minimum atomic E-state index is 0.141. The number of fused-ring (bicyclic) bond motifs is 3. The predicted octanol–water partition coefficient (Wildman–Crippen LogP) is 16.4. The first kappa shape index (κ1) is 47.6. The minimum Gasteiger partial charge on any atom is -0.115 e. The van der Waals surface area contributed by atoms with E-state index in [-0.39, 0.29) is 17.5 Å². The molecule has 13 rings (SSSR count). The van der Waals surface area contributed by atoms with Gasteiger partial charge in [0.05, 0.1) is 0 Å². The third kappa shape index (κ3) is 8.38. The Hall–Kier alpha value is -7.40. The number of hydrogen-bond acceptors (Lipinski definition) is 0. The van der Waals surface area contributed by atoms with Crippen molar-refractivity contribution in [2.24, 2.45) is 11.8 Å². The number of allylic oxidation sites excluding steroid dienone is 5. The van der Waals surface area contributed by atoms with Crippen LogP contribution in [0, 0.1) is 65.7 Å². The van der Waals surface area contributed by atoms with Crippen LogP contribution in [0.5, 0.6) is 0 Å². The number of hydrogen-bond donors (Lipinski definition) is 0. The molecule has 5 aliphatic carbocycles. The van der Waals surface area contributed by atoms with Gasteiger partial charge in [0, 0.05) is 5.57 Å². The Balaban J connectivity index is 0.813. The first-order valence-corrected chi connectivity index (χ1v) is 27.2. The second-order valence-corrected chi connectivity index (χ2v) is 23.1. The lowest BCUT2D eigenvalue weighted by Crippen LogP contribution is -2.55. The molecular weight excluding hydrogens is 888 g/mol. The molecule has 0 saturated heterocycles. The Bertz CT molecular complexity index is 3540. The van der Waals surface area contributed by atoms with Crippen LogP contribution in [0.2, 0.25) is 0 Å². The van der Waals surface area contributed by atoms with Crippen LogP contribution in [0.15, 0.2) is 194 Å². The lowest BCUT2D eigenvalue weighted by molar-refractivity contribution is -0.0281. The SMILES string of the molecule is C#CC(=C\C=C/C)/C=C1\c2ccccc2-c2cc(-c3ccc(C45CC6CC(CC(c7ccc(-c8cccc(-c9cccc(B(c%10c(C)cc(C)cc%10C)c%10c(C)cc(C)cc%10C)c9)c8)cc7)(C6)C4)C5)cc3)ccc21. The van der Waals surface area contributed by atoms with Gasteiger partial charge in [-0.25, -0.2) is 0 Å². The van der Waals surface area contributed by atoms with Gasteiger partial charge >= 0.3 is 0 Å². The number of terminal acetylenes is 1. The first-order chi connectivity index (χ1) is 35.9. The van der Waals surface area contributed by atoms with Crippen molar-refractivity contribution in [2.45, 2.75) is 97.8 Å². The molecule has 4 bridgehead atoms. The summed E-state index contributed by atoms with van der Waals surface area (Å²) in [5.74, 6) is 4.45. The molecular formula is C73H67B. The summed E-state index contributed by atoms with van der Waals surface area (Å²) in [5, 5.41) is 0. The van der Waals surface area contributed by atoms with Gasteiger partial charge in [-0.15, -0.1) is 6.42 Å². The highest BCUT2D eigenvalue weighted by Crippen LogP contribution is 2.66. The minimum absolute atomic E-state index is 0.141. The average Bonchev–Trinajstić information content (AvgIpc) is 3.70. The molecule has 0 heterocycles. The van der Waals surface area contributed by atoms with Gasteiger partial charge in [-0.1, -0.05) is 220 Å². The van der Waals surface area contributed by atoms with Crippen molar-refractivity contribution in [1.29, 1.82) is 0 Å². The molecule has 8 aromatic carbocycles. The number of benzene rings is 8. The summed E-state index contributed by atoms with van der Waals surface area (Å²) in [6.45, 7) is 15.8. The van der Waals surface area contributed by atoms with E-state index in [9.17, 15) is 0 Å². The third-order valence-electron chi connectivity index (χ3n) is 17.9.